The van der Waals surface area contributed by atoms with Crippen LogP contribution in [0, 0.1) is 6.92 Å². The van der Waals surface area contributed by atoms with Crippen molar-refractivity contribution in [1.29, 1.82) is 0 Å². The van der Waals surface area contributed by atoms with Crippen molar-refractivity contribution in [2.45, 2.75) is 46.6 Å². The Bertz CT molecular complexity index is 321. The van der Waals surface area contributed by atoms with Crippen molar-refractivity contribution in [1.82, 2.24) is 15.2 Å². The molecule has 18 heavy (non-hydrogen) atoms. The van der Waals surface area contributed by atoms with Crippen LogP contribution in [0.4, 0.5) is 0 Å². The van der Waals surface area contributed by atoms with Crippen LogP contribution in [0.15, 0.2) is 5.38 Å². The van der Waals surface area contributed by atoms with Gasteiger partial charge in [0.1, 0.15) is 0 Å². The van der Waals surface area contributed by atoms with Crippen LogP contribution >= 0.6 is 11.3 Å². The van der Waals surface area contributed by atoms with Gasteiger partial charge in [-0.15, -0.1) is 11.3 Å². The highest BCUT2D eigenvalue weighted by Crippen LogP contribution is 2.11. The Morgan fingerprint density at radius 3 is 2.56 bits per heavy atom. The van der Waals surface area contributed by atoms with Gasteiger partial charge in [-0.25, -0.2) is 4.98 Å². The van der Waals surface area contributed by atoms with Gasteiger partial charge in [0, 0.05) is 17.8 Å². The first-order valence-corrected chi connectivity index (χ1v) is 7.94. The van der Waals surface area contributed by atoms with E-state index in [9.17, 15) is 0 Å². The Kier molecular flexibility index (Phi) is 7.47. The van der Waals surface area contributed by atoms with Crippen LogP contribution in [0.25, 0.3) is 0 Å². The smallest absolute Gasteiger partial charge is 0.0897 e. The average Bonchev–Trinajstić information content (AvgIpc) is 2.76. The molecule has 1 unspecified atom stereocenters. The molecule has 0 spiro atoms. The second kappa shape index (κ2) is 8.62. The molecule has 0 aromatic carbocycles. The maximum atomic E-state index is 4.57. The van der Waals surface area contributed by atoms with Gasteiger partial charge in [-0.1, -0.05) is 20.8 Å². The molecule has 0 saturated carbocycles. The lowest BCUT2D eigenvalue weighted by molar-refractivity contribution is 0.281. The van der Waals surface area contributed by atoms with Crippen molar-refractivity contribution in [3.05, 3.63) is 16.1 Å². The lowest BCUT2D eigenvalue weighted by Gasteiger charge is -2.22. The Hall–Kier alpha value is -0.450. The van der Waals surface area contributed by atoms with E-state index in [1.165, 1.54) is 23.7 Å². The number of nitrogens with one attached hydrogen (secondary N) is 1. The quantitative estimate of drug-likeness (QED) is 0.747. The third-order valence-corrected chi connectivity index (χ3v) is 4.13. The van der Waals surface area contributed by atoms with Crippen LogP contribution in [0.3, 0.4) is 0 Å². The van der Waals surface area contributed by atoms with Gasteiger partial charge in [0.2, 0.25) is 0 Å². The molecule has 0 aliphatic rings. The van der Waals surface area contributed by atoms with Gasteiger partial charge in [-0.2, -0.15) is 0 Å². The third-order valence-electron chi connectivity index (χ3n) is 3.30. The van der Waals surface area contributed by atoms with Gasteiger partial charge in [0.05, 0.1) is 10.7 Å². The van der Waals surface area contributed by atoms with Crippen molar-refractivity contribution < 1.29 is 0 Å². The fourth-order valence-corrected chi connectivity index (χ4v) is 2.82. The fourth-order valence-electron chi connectivity index (χ4n) is 2.20. The largest absolute Gasteiger partial charge is 0.314 e. The van der Waals surface area contributed by atoms with Crippen LogP contribution < -0.4 is 5.32 Å². The molecular weight excluding hydrogens is 242 g/mol. The van der Waals surface area contributed by atoms with Gasteiger partial charge < -0.3 is 10.2 Å². The van der Waals surface area contributed by atoms with Crippen LogP contribution in [0.5, 0.6) is 0 Å². The van der Waals surface area contributed by atoms with Gasteiger partial charge in [-0.05, 0) is 39.5 Å². The number of aryl methyl sites for hydroxylation is 1. The SMILES string of the molecule is CCNC(CCN(CC)CC)Cc1csc(C)n1. The maximum Gasteiger partial charge on any atom is 0.0897 e. The van der Waals surface area contributed by atoms with Crippen molar-refractivity contribution in [3.63, 3.8) is 0 Å². The number of aromatic nitrogens is 1. The van der Waals surface area contributed by atoms with Crippen molar-refractivity contribution >= 4 is 11.3 Å². The van der Waals surface area contributed by atoms with Crippen LogP contribution in [0.2, 0.25) is 0 Å². The summed E-state index contributed by atoms with van der Waals surface area (Å²) in [5, 5.41) is 6.94. The zero-order chi connectivity index (χ0) is 13.4. The normalized spacial score (nSPS) is 13.2. The molecule has 0 bridgehead atoms. The molecule has 4 heteroatoms. The van der Waals surface area contributed by atoms with E-state index in [2.05, 4.69) is 48.3 Å². The Balaban J connectivity index is 2.44. The standard InChI is InChI=1S/C14H27N3S/c1-5-15-13(8-9-17(6-2)7-3)10-14-11-18-12(4)16-14/h11,13,15H,5-10H2,1-4H3. The summed E-state index contributed by atoms with van der Waals surface area (Å²) in [6, 6.07) is 0.553. The minimum Gasteiger partial charge on any atom is -0.314 e. The molecule has 0 aliphatic heterocycles. The molecule has 3 nitrogen and oxygen atoms in total. The topological polar surface area (TPSA) is 28.2 Å². The molecule has 104 valence electrons. The Morgan fingerprint density at radius 2 is 2.06 bits per heavy atom. The van der Waals surface area contributed by atoms with Crippen LogP contribution in [-0.2, 0) is 6.42 Å². The monoisotopic (exact) mass is 269 g/mol. The molecular formula is C14H27N3S. The summed E-state index contributed by atoms with van der Waals surface area (Å²) in [4.78, 5) is 7.05. The van der Waals surface area contributed by atoms with E-state index in [1.807, 2.05) is 0 Å². The first kappa shape index (κ1) is 15.6. The number of nitrogens with zero attached hydrogens (tertiary/aromatic N) is 2. The first-order chi connectivity index (χ1) is 8.69. The van der Waals surface area contributed by atoms with Crippen LogP contribution in [0.1, 0.15) is 37.9 Å². The molecule has 0 radical (unpaired) electrons. The van der Waals surface area contributed by atoms with E-state index in [0.29, 0.717) is 6.04 Å². The minimum atomic E-state index is 0.553. The summed E-state index contributed by atoms with van der Waals surface area (Å²) in [5.41, 5.74) is 1.24. The predicted molar refractivity (Wildman–Crippen MR) is 80.4 cm³/mol. The molecule has 1 rings (SSSR count). The fraction of sp³-hybridized carbons (Fsp3) is 0.786. The molecule has 1 aromatic heterocycles. The summed E-state index contributed by atoms with van der Waals surface area (Å²) >= 11 is 1.75. The van der Waals surface area contributed by atoms with Crippen molar-refractivity contribution in [3.8, 4) is 0 Å². The molecule has 0 aliphatic carbocycles. The summed E-state index contributed by atoms with van der Waals surface area (Å²) in [5.74, 6) is 0. The zero-order valence-electron chi connectivity index (χ0n) is 12.2. The maximum absolute atomic E-state index is 4.57. The summed E-state index contributed by atoms with van der Waals surface area (Å²) < 4.78 is 0. The lowest BCUT2D eigenvalue weighted by Crippen LogP contribution is -2.35. The molecule has 0 saturated heterocycles. The van der Waals surface area contributed by atoms with E-state index >= 15 is 0 Å². The van der Waals surface area contributed by atoms with Crippen LogP contribution in [-0.4, -0.2) is 42.1 Å². The van der Waals surface area contributed by atoms with Gasteiger partial charge >= 0.3 is 0 Å². The van der Waals surface area contributed by atoms with E-state index in [1.54, 1.807) is 11.3 Å². The molecule has 0 fully saturated rings. The highest BCUT2D eigenvalue weighted by Gasteiger charge is 2.11. The summed E-state index contributed by atoms with van der Waals surface area (Å²) in [6.45, 7) is 13.2. The number of rotatable bonds is 9. The van der Waals surface area contributed by atoms with Gasteiger partial charge in [-0.3, -0.25) is 0 Å². The second-order valence-electron chi connectivity index (χ2n) is 4.63. The van der Waals surface area contributed by atoms with Gasteiger partial charge in [0.25, 0.3) is 0 Å². The average molecular weight is 269 g/mol. The highest BCUT2D eigenvalue weighted by atomic mass is 32.1. The molecule has 0 amide bonds. The lowest BCUT2D eigenvalue weighted by atomic mass is 10.1. The predicted octanol–water partition coefficient (Wildman–Crippen LogP) is 2.70. The summed E-state index contributed by atoms with van der Waals surface area (Å²) in [7, 11) is 0. The van der Waals surface area contributed by atoms with Crippen molar-refractivity contribution in [2.24, 2.45) is 0 Å². The number of thiazole rings is 1. The number of likely N-dealkylation sites (N-methyl/N-ethyl adjacent to an activating group) is 1. The number of hydrogen-bond acceptors (Lipinski definition) is 4. The second-order valence-corrected chi connectivity index (χ2v) is 5.69. The van der Waals surface area contributed by atoms with E-state index in [0.717, 1.165) is 26.1 Å². The number of hydrogen-bond donors (Lipinski definition) is 1. The van der Waals surface area contributed by atoms with E-state index in [-0.39, 0.29) is 0 Å². The molecule has 1 atom stereocenters. The Morgan fingerprint density at radius 1 is 1.33 bits per heavy atom. The summed E-state index contributed by atoms with van der Waals surface area (Å²) in [6.07, 6.45) is 2.26. The zero-order valence-corrected chi connectivity index (χ0v) is 13.0. The molecule has 1 aromatic rings. The highest BCUT2D eigenvalue weighted by molar-refractivity contribution is 7.09. The molecule has 1 heterocycles. The van der Waals surface area contributed by atoms with E-state index in [4.69, 9.17) is 0 Å². The first-order valence-electron chi connectivity index (χ1n) is 7.06. The minimum absolute atomic E-state index is 0.553. The van der Waals surface area contributed by atoms with Gasteiger partial charge in [0.15, 0.2) is 0 Å². The third kappa shape index (κ3) is 5.46. The Labute approximate surface area is 116 Å². The molecule has 1 N–H and O–H groups in total. The van der Waals surface area contributed by atoms with E-state index < -0.39 is 0 Å². The van der Waals surface area contributed by atoms with Crippen molar-refractivity contribution in [2.75, 3.05) is 26.2 Å².